The second-order valence-corrected chi connectivity index (χ2v) is 7.97. The quantitative estimate of drug-likeness (QED) is 0.476. The number of ether oxygens (including phenoxy) is 2. The van der Waals surface area contributed by atoms with Gasteiger partial charge in [-0.3, -0.25) is 0 Å². The molecular weight excluding hydrogens is 390 g/mol. The minimum Gasteiger partial charge on any atom is -0.465 e. The molecule has 8 heteroatoms. The van der Waals surface area contributed by atoms with Gasteiger partial charge >= 0.3 is 12.6 Å². The molecule has 1 heterocycles. The molecule has 1 saturated carbocycles. The summed E-state index contributed by atoms with van der Waals surface area (Å²) in [6.45, 7) is -2.34. The minimum atomic E-state index is -2.84. The number of esters is 1. The number of nitrogens with zero attached hydrogens (tertiary/aromatic N) is 1. The van der Waals surface area contributed by atoms with Gasteiger partial charge in [0.2, 0.25) is 5.92 Å². The van der Waals surface area contributed by atoms with Crippen LogP contribution in [-0.2, 0) is 9.47 Å². The molecule has 2 fully saturated rings. The lowest BCUT2D eigenvalue weighted by molar-refractivity contribution is -0.133. The highest BCUT2D eigenvalue weighted by atomic mass is 19.3. The topological polar surface area (TPSA) is 38.8 Å². The van der Waals surface area contributed by atoms with E-state index in [4.69, 9.17) is 4.74 Å². The van der Waals surface area contributed by atoms with Crippen molar-refractivity contribution in [2.45, 2.75) is 57.1 Å². The first-order valence-corrected chi connectivity index (χ1v) is 10.0. The second kappa shape index (κ2) is 9.32. The molecule has 3 rings (SSSR count). The molecule has 0 bridgehead atoms. The van der Waals surface area contributed by atoms with Crippen molar-refractivity contribution in [3.05, 3.63) is 29.8 Å². The van der Waals surface area contributed by atoms with Gasteiger partial charge in [-0.15, -0.1) is 0 Å². The van der Waals surface area contributed by atoms with E-state index in [-0.39, 0.29) is 37.3 Å². The summed E-state index contributed by atoms with van der Waals surface area (Å²) in [5.74, 6) is -2.58. The van der Waals surface area contributed by atoms with Gasteiger partial charge in [-0.2, -0.15) is 8.78 Å². The highest BCUT2D eigenvalue weighted by molar-refractivity contribution is 5.89. The van der Waals surface area contributed by atoms with Crippen LogP contribution in [0.1, 0.15) is 48.9 Å². The van der Waals surface area contributed by atoms with Crippen LogP contribution in [0.4, 0.5) is 23.2 Å². The zero-order valence-electron chi connectivity index (χ0n) is 16.5. The van der Waals surface area contributed by atoms with Gasteiger partial charge in [0.05, 0.1) is 25.3 Å². The highest BCUT2D eigenvalue weighted by Crippen LogP contribution is 2.42. The van der Waals surface area contributed by atoms with Crippen LogP contribution in [0.15, 0.2) is 24.3 Å². The maximum atomic E-state index is 13.5. The van der Waals surface area contributed by atoms with E-state index >= 15 is 0 Å². The van der Waals surface area contributed by atoms with Crippen LogP contribution in [0, 0.1) is 11.8 Å². The van der Waals surface area contributed by atoms with Crippen LogP contribution >= 0.6 is 0 Å². The maximum absolute atomic E-state index is 13.5. The standard InChI is InChI=1S/C21H27F4NO3/c1-28-19(27)15-2-5-17(6-3-15)26-12-16(4-7-18(26)13-29-20(22)23)14-8-10-21(24,25)11-9-14/h2-3,5-6,14,16,18,20H,4,7-13H2,1H3. The predicted molar refractivity (Wildman–Crippen MR) is 101 cm³/mol. The van der Waals surface area contributed by atoms with Gasteiger partial charge in [-0.1, -0.05) is 0 Å². The van der Waals surface area contributed by atoms with Crippen LogP contribution in [0.5, 0.6) is 0 Å². The van der Waals surface area contributed by atoms with Crippen molar-refractivity contribution in [1.29, 1.82) is 0 Å². The van der Waals surface area contributed by atoms with Crippen molar-refractivity contribution < 1.29 is 31.8 Å². The zero-order chi connectivity index (χ0) is 21.0. The van der Waals surface area contributed by atoms with Gasteiger partial charge in [0.1, 0.15) is 0 Å². The molecule has 1 saturated heterocycles. The van der Waals surface area contributed by atoms with Crippen molar-refractivity contribution in [2.75, 3.05) is 25.2 Å². The highest BCUT2D eigenvalue weighted by Gasteiger charge is 2.40. The lowest BCUT2D eigenvalue weighted by atomic mass is 9.74. The van der Waals surface area contributed by atoms with Gasteiger partial charge in [0, 0.05) is 25.1 Å². The number of hydrogen-bond acceptors (Lipinski definition) is 4. The number of benzene rings is 1. The molecule has 4 nitrogen and oxygen atoms in total. The van der Waals surface area contributed by atoms with E-state index in [1.807, 2.05) is 4.90 Å². The van der Waals surface area contributed by atoms with E-state index < -0.39 is 18.5 Å². The lowest BCUT2D eigenvalue weighted by Crippen LogP contribution is -2.48. The Balaban J connectivity index is 1.73. The van der Waals surface area contributed by atoms with Gasteiger partial charge in [-0.05, 0) is 61.8 Å². The molecule has 29 heavy (non-hydrogen) atoms. The van der Waals surface area contributed by atoms with Crippen molar-refractivity contribution >= 4 is 11.7 Å². The summed E-state index contributed by atoms with van der Waals surface area (Å²) in [4.78, 5) is 13.7. The number of hydrogen-bond donors (Lipinski definition) is 0. The molecule has 0 radical (unpaired) electrons. The summed E-state index contributed by atoms with van der Waals surface area (Å²) >= 11 is 0. The number of carbonyl (C=O) groups excluding carboxylic acids is 1. The number of carbonyl (C=O) groups is 1. The van der Waals surface area contributed by atoms with Gasteiger partial charge < -0.3 is 14.4 Å². The normalized spacial score (nSPS) is 25.2. The van der Waals surface area contributed by atoms with E-state index in [0.29, 0.717) is 31.4 Å². The molecule has 162 valence electrons. The van der Waals surface area contributed by atoms with Gasteiger partial charge in [0.25, 0.3) is 0 Å². The van der Waals surface area contributed by atoms with Crippen molar-refractivity contribution in [2.24, 2.45) is 11.8 Å². The largest absolute Gasteiger partial charge is 0.465 e. The smallest absolute Gasteiger partial charge is 0.345 e. The fourth-order valence-corrected chi connectivity index (χ4v) is 4.55. The van der Waals surface area contributed by atoms with Crippen LogP contribution < -0.4 is 4.90 Å². The van der Waals surface area contributed by atoms with E-state index in [1.165, 1.54) is 7.11 Å². The molecule has 0 N–H and O–H groups in total. The molecule has 1 aromatic rings. The van der Waals surface area contributed by atoms with Crippen LogP contribution in [0.2, 0.25) is 0 Å². The van der Waals surface area contributed by atoms with Gasteiger partial charge in [-0.25, -0.2) is 13.6 Å². The zero-order valence-corrected chi connectivity index (χ0v) is 16.5. The van der Waals surface area contributed by atoms with Crippen LogP contribution in [0.3, 0.4) is 0 Å². The number of anilines is 1. The Kier molecular flexibility index (Phi) is 7.03. The average Bonchev–Trinajstić information content (AvgIpc) is 2.71. The molecule has 2 aliphatic rings. The predicted octanol–water partition coefficient (Wildman–Crippen LogP) is 5.12. The molecule has 1 aromatic carbocycles. The molecule has 0 spiro atoms. The van der Waals surface area contributed by atoms with Crippen molar-refractivity contribution in [1.82, 2.24) is 0 Å². The van der Waals surface area contributed by atoms with Gasteiger partial charge in [0.15, 0.2) is 0 Å². The first-order chi connectivity index (χ1) is 13.8. The van der Waals surface area contributed by atoms with Crippen molar-refractivity contribution in [3.8, 4) is 0 Å². The molecule has 2 atom stereocenters. The summed E-state index contributed by atoms with van der Waals surface area (Å²) in [7, 11) is 1.30. The number of methoxy groups -OCH3 is 1. The maximum Gasteiger partial charge on any atom is 0.345 e. The molecule has 1 aliphatic heterocycles. The first-order valence-electron chi connectivity index (χ1n) is 10.0. The summed E-state index contributed by atoms with van der Waals surface area (Å²) in [6, 6.07) is 6.57. The van der Waals surface area contributed by atoms with Crippen LogP contribution in [-0.4, -0.2) is 44.8 Å². The fourth-order valence-electron chi connectivity index (χ4n) is 4.55. The van der Waals surface area contributed by atoms with Crippen LogP contribution in [0.25, 0.3) is 0 Å². The monoisotopic (exact) mass is 417 g/mol. The second-order valence-electron chi connectivity index (χ2n) is 7.97. The Morgan fingerprint density at radius 1 is 1.10 bits per heavy atom. The van der Waals surface area contributed by atoms with E-state index in [0.717, 1.165) is 12.1 Å². The Bertz CT molecular complexity index is 673. The fraction of sp³-hybridized carbons (Fsp3) is 0.667. The van der Waals surface area contributed by atoms with E-state index in [9.17, 15) is 22.4 Å². The Morgan fingerprint density at radius 2 is 1.76 bits per heavy atom. The number of alkyl halides is 4. The van der Waals surface area contributed by atoms with Crippen molar-refractivity contribution in [3.63, 3.8) is 0 Å². The molecule has 0 aromatic heterocycles. The Labute approximate surface area is 168 Å². The summed E-state index contributed by atoms with van der Waals surface area (Å²) < 4.78 is 61.5. The number of piperidine rings is 1. The first kappa shape index (κ1) is 21.9. The Hall–Kier alpha value is -1.83. The summed E-state index contributed by atoms with van der Waals surface area (Å²) in [5, 5.41) is 0. The third kappa shape index (κ3) is 5.62. The van der Waals surface area contributed by atoms with E-state index in [1.54, 1.807) is 24.3 Å². The molecule has 1 aliphatic carbocycles. The third-order valence-electron chi connectivity index (χ3n) is 6.21. The molecule has 2 unspecified atom stereocenters. The van der Waals surface area contributed by atoms with E-state index in [2.05, 4.69) is 4.74 Å². The SMILES string of the molecule is COC(=O)c1ccc(N2CC(C3CCC(F)(F)CC3)CCC2COC(F)F)cc1. The summed E-state index contributed by atoms with van der Waals surface area (Å²) in [5.41, 5.74) is 1.20. The Morgan fingerprint density at radius 3 is 2.34 bits per heavy atom. The number of rotatable bonds is 6. The number of halogens is 4. The lowest BCUT2D eigenvalue weighted by Gasteiger charge is -2.45. The minimum absolute atomic E-state index is 0.0834. The molecule has 0 amide bonds. The third-order valence-corrected chi connectivity index (χ3v) is 6.21. The molecular formula is C21H27F4NO3. The summed E-state index contributed by atoms with van der Waals surface area (Å²) in [6.07, 6.45) is 2.28. The average molecular weight is 417 g/mol.